The Labute approximate surface area is 80.2 Å². The number of nitrogen functional groups attached to an aromatic ring is 1. The Kier molecular flexibility index (Phi) is 4.30. The molecule has 0 fully saturated rings. The molecule has 0 atom stereocenters. The summed E-state index contributed by atoms with van der Waals surface area (Å²) in [5.74, 6) is 0. The number of aromatic nitrogens is 1. The van der Waals surface area contributed by atoms with Crippen molar-refractivity contribution >= 4 is 5.69 Å². The lowest BCUT2D eigenvalue weighted by Crippen LogP contribution is -1.92. The Hall–Kier alpha value is -1.05. The van der Waals surface area contributed by atoms with Gasteiger partial charge in [-0.3, -0.25) is 4.98 Å². The fraction of sp³-hybridized carbons (Fsp3) is 0.545. The van der Waals surface area contributed by atoms with Gasteiger partial charge in [-0.25, -0.2) is 0 Å². The predicted molar refractivity (Wildman–Crippen MR) is 56.5 cm³/mol. The van der Waals surface area contributed by atoms with Gasteiger partial charge in [-0.1, -0.05) is 26.2 Å². The van der Waals surface area contributed by atoms with Gasteiger partial charge in [0.1, 0.15) is 0 Å². The third kappa shape index (κ3) is 3.92. The van der Waals surface area contributed by atoms with E-state index in [0.717, 1.165) is 17.8 Å². The van der Waals surface area contributed by atoms with Crippen LogP contribution in [0, 0.1) is 0 Å². The quantitative estimate of drug-likeness (QED) is 0.704. The average molecular weight is 178 g/mol. The Morgan fingerprint density at radius 1 is 1.31 bits per heavy atom. The van der Waals surface area contributed by atoms with Gasteiger partial charge in [0.2, 0.25) is 0 Å². The molecule has 1 rings (SSSR count). The highest BCUT2D eigenvalue weighted by Gasteiger charge is 1.94. The molecule has 0 aliphatic rings. The lowest BCUT2D eigenvalue weighted by molar-refractivity contribution is 0.661. The van der Waals surface area contributed by atoms with Gasteiger partial charge in [-0.2, -0.15) is 0 Å². The number of nitrogens with two attached hydrogens (primary N) is 1. The van der Waals surface area contributed by atoms with Gasteiger partial charge in [0.25, 0.3) is 0 Å². The zero-order valence-corrected chi connectivity index (χ0v) is 8.29. The second-order valence-corrected chi connectivity index (χ2v) is 3.39. The lowest BCUT2D eigenvalue weighted by atomic mass is 10.1. The maximum atomic E-state index is 5.65. The molecule has 0 aromatic carbocycles. The summed E-state index contributed by atoms with van der Waals surface area (Å²) in [5.41, 5.74) is 7.59. The molecule has 72 valence electrons. The zero-order valence-electron chi connectivity index (χ0n) is 8.29. The maximum absolute atomic E-state index is 5.65. The molecule has 0 spiro atoms. The summed E-state index contributed by atoms with van der Waals surface area (Å²) < 4.78 is 0. The number of hydrogen-bond donors (Lipinski definition) is 1. The predicted octanol–water partition coefficient (Wildman–Crippen LogP) is 2.79. The smallest absolute Gasteiger partial charge is 0.0424 e. The zero-order chi connectivity index (χ0) is 9.52. The molecule has 1 aromatic rings. The van der Waals surface area contributed by atoms with E-state index >= 15 is 0 Å². The summed E-state index contributed by atoms with van der Waals surface area (Å²) in [6.45, 7) is 2.22. The van der Waals surface area contributed by atoms with E-state index in [-0.39, 0.29) is 0 Å². The average Bonchev–Trinajstić information content (AvgIpc) is 2.13. The van der Waals surface area contributed by atoms with Gasteiger partial charge in [-0.15, -0.1) is 0 Å². The van der Waals surface area contributed by atoms with Crippen molar-refractivity contribution in [3.05, 3.63) is 24.0 Å². The number of pyridine rings is 1. The highest BCUT2D eigenvalue weighted by molar-refractivity contribution is 5.37. The molecule has 2 nitrogen and oxygen atoms in total. The van der Waals surface area contributed by atoms with E-state index < -0.39 is 0 Å². The first-order chi connectivity index (χ1) is 6.33. The minimum Gasteiger partial charge on any atom is -0.399 e. The van der Waals surface area contributed by atoms with Gasteiger partial charge in [0, 0.05) is 17.6 Å². The molecule has 13 heavy (non-hydrogen) atoms. The minimum absolute atomic E-state index is 0.820. The van der Waals surface area contributed by atoms with E-state index in [0.29, 0.717) is 0 Å². The molecule has 1 heterocycles. The fourth-order valence-electron chi connectivity index (χ4n) is 1.37. The molecule has 0 amide bonds. The Bertz CT molecular complexity index is 246. The van der Waals surface area contributed by atoms with Crippen LogP contribution in [0.3, 0.4) is 0 Å². The Balaban J connectivity index is 2.28. The van der Waals surface area contributed by atoms with Crippen molar-refractivity contribution in [1.29, 1.82) is 0 Å². The normalized spacial score (nSPS) is 10.2. The summed E-state index contributed by atoms with van der Waals surface area (Å²) in [7, 11) is 0. The summed E-state index contributed by atoms with van der Waals surface area (Å²) in [6, 6.07) is 3.79. The van der Waals surface area contributed by atoms with Gasteiger partial charge < -0.3 is 5.73 Å². The van der Waals surface area contributed by atoms with Gasteiger partial charge in [0.05, 0.1) is 0 Å². The molecule has 0 saturated carbocycles. The molecule has 0 bridgehead atoms. The van der Waals surface area contributed by atoms with Gasteiger partial charge >= 0.3 is 0 Å². The monoisotopic (exact) mass is 178 g/mol. The standard InChI is InChI=1S/C11H18N2/c1-2-3-4-5-6-11-9-10(12)7-8-13-11/h7-9H,2-6H2,1H3,(H2,12,13). The van der Waals surface area contributed by atoms with E-state index in [9.17, 15) is 0 Å². The van der Waals surface area contributed by atoms with E-state index in [1.807, 2.05) is 12.1 Å². The maximum Gasteiger partial charge on any atom is 0.0424 e. The van der Waals surface area contributed by atoms with Crippen molar-refractivity contribution < 1.29 is 0 Å². The van der Waals surface area contributed by atoms with Crippen LogP contribution in [0.2, 0.25) is 0 Å². The topological polar surface area (TPSA) is 38.9 Å². The molecular weight excluding hydrogens is 160 g/mol. The van der Waals surface area contributed by atoms with E-state index in [1.165, 1.54) is 25.7 Å². The van der Waals surface area contributed by atoms with Crippen LogP contribution < -0.4 is 5.73 Å². The molecule has 1 aromatic heterocycles. The van der Waals surface area contributed by atoms with Crippen molar-refractivity contribution in [2.24, 2.45) is 0 Å². The van der Waals surface area contributed by atoms with Crippen LogP contribution in [0.5, 0.6) is 0 Å². The van der Waals surface area contributed by atoms with E-state index in [2.05, 4.69) is 11.9 Å². The number of rotatable bonds is 5. The van der Waals surface area contributed by atoms with Crippen molar-refractivity contribution in [2.45, 2.75) is 39.0 Å². The number of nitrogens with zero attached hydrogens (tertiary/aromatic N) is 1. The van der Waals surface area contributed by atoms with Crippen LogP contribution in [-0.2, 0) is 6.42 Å². The molecule has 0 aliphatic heterocycles. The molecule has 0 saturated heterocycles. The van der Waals surface area contributed by atoms with Crippen molar-refractivity contribution in [3.8, 4) is 0 Å². The van der Waals surface area contributed by atoms with Crippen molar-refractivity contribution in [1.82, 2.24) is 4.98 Å². The lowest BCUT2D eigenvalue weighted by Gasteiger charge is -2.00. The first-order valence-corrected chi connectivity index (χ1v) is 5.03. The highest BCUT2D eigenvalue weighted by atomic mass is 14.7. The number of aryl methyl sites for hydroxylation is 1. The number of anilines is 1. The third-order valence-electron chi connectivity index (χ3n) is 2.13. The molecule has 0 unspecified atom stereocenters. The SMILES string of the molecule is CCCCCCc1cc(N)ccn1. The van der Waals surface area contributed by atoms with E-state index in [1.54, 1.807) is 6.20 Å². The van der Waals surface area contributed by atoms with Crippen molar-refractivity contribution in [2.75, 3.05) is 5.73 Å². The van der Waals surface area contributed by atoms with Crippen LogP contribution in [0.15, 0.2) is 18.3 Å². The molecule has 0 aliphatic carbocycles. The number of hydrogen-bond acceptors (Lipinski definition) is 2. The Morgan fingerprint density at radius 2 is 2.15 bits per heavy atom. The summed E-state index contributed by atoms with van der Waals surface area (Å²) >= 11 is 0. The van der Waals surface area contributed by atoms with Crippen LogP contribution >= 0.6 is 0 Å². The van der Waals surface area contributed by atoms with Crippen molar-refractivity contribution in [3.63, 3.8) is 0 Å². The third-order valence-corrected chi connectivity index (χ3v) is 2.13. The van der Waals surface area contributed by atoms with Gasteiger partial charge in [0.15, 0.2) is 0 Å². The second kappa shape index (κ2) is 5.57. The van der Waals surface area contributed by atoms with Crippen LogP contribution in [0.4, 0.5) is 5.69 Å². The largest absolute Gasteiger partial charge is 0.399 e. The first-order valence-electron chi connectivity index (χ1n) is 5.03. The summed E-state index contributed by atoms with van der Waals surface area (Å²) in [6.07, 6.45) is 7.97. The molecular formula is C11H18N2. The minimum atomic E-state index is 0.820. The van der Waals surface area contributed by atoms with Crippen LogP contribution in [0.25, 0.3) is 0 Å². The highest BCUT2D eigenvalue weighted by Crippen LogP contribution is 2.08. The molecule has 2 heteroatoms. The summed E-state index contributed by atoms with van der Waals surface area (Å²) in [4.78, 5) is 4.26. The second-order valence-electron chi connectivity index (χ2n) is 3.39. The molecule has 0 radical (unpaired) electrons. The fourth-order valence-corrected chi connectivity index (χ4v) is 1.37. The molecule has 2 N–H and O–H groups in total. The Morgan fingerprint density at radius 3 is 2.85 bits per heavy atom. The summed E-state index contributed by atoms with van der Waals surface area (Å²) in [5, 5.41) is 0. The van der Waals surface area contributed by atoms with Gasteiger partial charge in [-0.05, 0) is 25.0 Å². The van der Waals surface area contributed by atoms with Crippen LogP contribution in [0.1, 0.15) is 38.3 Å². The first kappa shape index (κ1) is 10.0. The van der Waals surface area contributed by atoms with E-state index in [4.69, 9.17) is 5.73 Å². The van der Waals surface area contributed by atoms with Crippen LogP contribution in [-0.4, -0.2) is 4.98 Å². The number of unbranched alkanes of at least 4 members (excludes halogenated alkanes) is 3.